The van der Waals surface area contributed by atoms with Crippen molar-refractivity contribution in [3.8, 4) is 0 Å². The summed E-state index contributed by atoms with van der Waals surface area (Å²) in [7, 11) is 2.13. The van der Waals surface area contributed by atoms with Gasteiger partial charge in [-0.1, -0.05) is 23.9 Å². The SMILES string of the molecule is CN1CCCC(CN2c3ccccc3Sc3cc(C(F)(F)F)ccc32)C1. The van der Waals surface area contributed by atoms with Gasteiger partial charge in [-0.15, -0.1) is 0 Å². The van der Waals surface area contributed by atoms with E-state index in [-0.39, 0.29) is 0 Å². The zero-order valence-electron chi connectivity index (χ0n) is 14.6. The van der Waals surface area contributed by atoms with Crippen molar-refractivity contribution in [1.82, 2.24) is 4.90 Å². The first-order chi connectivity index (χ1) is 12.4. The van der Waals surface area contributed by atoms with Gasteiger partial charge in [0.25, 0.3) is 0 Å². The average Bonchev–Trinajstić information content (AvgIpc) is 2.60. The maximum Gasteiger partial charge on any atom is 0.416 e. The maximum absolute atomic E-state index is 13.1. The van der Waals surface area contributed by atoms with Crippen LogP contribution in [0.25, 0.3) is 0 Å². The molecular formula is C20H21F3N2S. The van der Waals surface area contributed by atoms with E-state index in [4.69, 9.17) is 0 Å². The van der Waals surface area contributed by atoms with Gasteiger partial charge in [-0.2, -0.15) is 13.2 Å². The van der Waals surface area contributed by atoms with Gasteiger partial charge in [0.1, 0.15) is 0 Å². The summed E-state index contributed by atoms with van der Waals surface area (Å²) in [5, 5.41) is 0. The van der Waals surface area contributed by atoms with E-state index in [0.717, 1.165) is 42.3 Å². The second-order valence-corrected chi connectivity index (χ2v) is 8.21. The molecule has 0 aliphatic carbocycles. The van der Waals surface area contributed by atoms with Crippen LogP contribution in [0.3, 0.4) is 0 Å². The Balaban J connectivity index is 1.71. The van der Waals surface area contributed by atoms with Gasteiger partial charge >= 0.3 is 6.18 Å². The first-order valence-electron chi connectivity index (χ1n) is 8.86. The molecule has 2 aliphatic rings. The lowest BCUT2D eigenvalue weighted by molar-refractivity contribution is -0.137. The van der Waals surface area contributed by atoms with E-state index < -0.39 is 11.7 Å². The van der Waals surface area contributed by atoms with Gasteiger partial charge in [-0.3, -0.25) is 0 Å². The minimum Gasteiger partial charge on any atom is -0.339 e. The van der Waals surface area contributed by atoms with Crippen LogP contribution in [0.4, 0.5) is 24.5 Å². The van der Waals surface area contributed by atoms with Crippen molar-refractivity contribution >= 4 is 23.1 Å². The maximum atomic E-state index is 13.1. The third kappa shape index (κ3) is 3.45. The fraction of sp³-hybridized carbons (Fsp3) is 0.400. The molecule has 2 aliphatic heterocycles. The standard InChI is InChI=1S/C20H21F3N2S/c1-24-10-4-5-14(12-24)13-25-16-6-2-3-7-18(16)26-19-11-15(20(21,22)23)8-9-17(19)25/h2-3,6-9,11,14H,4-5,10,12-13H2,1H3. The third-order valence-corrected chi connectivity index (χ3v) is 6.23. The molecule has 4 rings (SSSR count). The number of rotatable bonds is 2. The quantitative estimate of drug-likeness (QED) is 0.667. The summed E-state index contributed by atoms with van der Waals surface area (Å²) in [5.41, 5.74) is 1.40. The Hall–Kier alpha value is -1.66. The molecule has 1 atom stereocenters. The molecule has 2 nitrogen and oxygen atoms in total. The largest absolute Gasteiger partial charge is 0.416 e. The van der Waals surface area contributed by atoms with Crippen molar-refractivity contribution in [1.29, 1.82) is 0 Å². The molecule has 0 bridgehead atoms. The molecule has 2 heterocycles. The van der Waals surface area contributed by atoms with Crippen LogP contribution in [0.15, 0.2) is 52.3 Å². The molecule has 2 aromatic carbocycles. The van der Waals surface area contributed by atoms with Crippen molar-refractivity contribution < 1.29 is 13.2 Å². The van der Waals surface area contributed by atoms with Crippen molar-refractivity contribution in [2.24, 2.45) is 5.92 Å². The van der Waals surface area contributed by atoms with Crippen molar-refractivity contribution in [3.05, 3.63) is 48.0 Å². The van der Waals surface area contributed by atoms with Crippen LogP contribution in [0, 0.1) is 5.92 Å². The zero-order valence-corrected chi connectivity index (χ0v) is 15.4. The molecule has 1 fully saturated rings. The summed E-state index contributed by atoms with van der Waals surface area (Å²) in [4.78, 5) is 6.25. The lowest BCUT2D eigenvalue weighted by Crippen LogP contribution is -2.38. The Morgan fingerprint density at radius 2 is 1.85 bits per heavy atom. The number of anilines is 2. The first kappa shape index (κ1) is 17.7. The summed E-state index contributed by atoms with van der Waals surface area (Å²) in [6.07, 6.45) is -1.99. The second-order valence-electron chi connectivity index (χ2n) is 7.13. The highest BCUT2D eigenvalue weighted by Crippen LogP contribution is 2.49. The summed E-state index contributed by atoms with van der Waals surface area (Å²) >= 11 is 1.43. The highest BCUT2D eigenvalue weighted by Gasteiger charge is 2.33. The summed E-state index contributed by atoms with van der Waals surface area (Å²) < 4.78 is 39.4. The van der Waals surface area contributed by atoms with Gasteiger partial charge in [0, 0.05) is 22.9 Å². The highest BCUT2D eigenvalue weighted by atomic mass is 32.2. The van der Waals surface area contributed by atoms with E-state index in [1.54, 1.807) is 6.07 Å². The van der Waals surface area contributed by atoms with E-state index >= 15 is 0 Å². The lowest BCUT2D eigenvalue weighted by Gasteiger charge is -2.38. The predicted molar refractivity (Wildman–Crippen MR) is 99.2 cm³/mol. The highest BCUT2D eigenvalue weighted by molar-refractivity contribution is 7.99. The van der Waals surface area contributed by atoms with E-state index in [1.807, 2.05) is 18.2 Å². The van der Waals surface area contributed by atoms with Gasteiger partial charge in [-0.05, 0) is 62.7 Å². The van der Waals surface area contributed by atoms with Crippen LogP contribution in [0.5, 0.6) is 0 Å². The number of para-hydroxylation sites is 1. The van der Waals surface area contributed by atoms with Gasteiger partial charge in [0.2, 0.25) is 0 Å². The molecule has 26 heavy (non-hydrogen) atoms. The van der Waals surface area contributed by atoms with E-state index in [2.05, 4.69) is 22.9 Å². The number of alkyl halides is 3. The van der Waals surface area contributed by atoms with Crippen LogP contribution < -0.4 is 4.90 Å². The van der Waals surface area contributed by atoms with Crippen molar-refractivity contribution in [2.75, 3.05) is 31.6 Å². The molecule has 0 spiro atoms. The summed E-state index contributed by atoms with van der Waals surface area (Å²) in [5.74, 6) is 0.514. The minimum atomic E-state index is -4.32. The number of hydrogen-bond acceptors (Lipinski definition) is 3. The van der Waals surface area contributed by atoms with Crippen LogP contribution in [-0.4, -0.2) is 31.6 Å². The lowest BCUT2D eigenvalue weighted by atomic mass is 9.97. The molecular weight excluding hydrogens is 357 g/mol. The molecule has 1 saturated heterocycles. The number of benzene rings is 2. The van der Waals surface area contributed by atoms with Crippen LogP contribution in [-0.2, 0) is 6.18 Å². The molecule has 138 valence electrons. The molecule has 6 heteroatoms. The number of hydrogen-bond donors (Lipinski definition) is 0. The van der Waals surface area contributed by atoms with Crippen molar-refractivity contribution in [2.45, 2.75) is 28.8 Å². The summed E-state index contributed by atoms with van der Waals surface area (Å²) in [6.45, 7) is 2.98. The monoisotopic (exact) mass is 378 g/mol. The molecule has 1 unspecified atom stereocenters. The molecule has 2 aromatic rings. The smallest absolute Gasteiger partial charge is 0.339 e. The normalized spacial score (nSPS) is 20.6. The van der Waals surface area contributed by atoms with Crippen LogP contribution >= 0.6 is 11.8 Å². The Labute approximate surface area is 156 Å². The van der Waals surface area contributed by atoms with Gasteiger partial charge in [-0.25, -0.2) is 0 Å². The first-order valence-corrected chi connectivity index (χ1v) is 9.67. The number of likely N-dealkylation sites (tertiary alicyclic amines) is 1. The molecule has 0 aromatic heterocycles. The predicted octanol–water partition coefficient (Wildman–Crippen LogP) is 5.65. The number of nitrogens with zero attached hydrogens (tertiary/aromatic N) is 2. The Morgan fingerprint density at radius 3 is 2.62 bits per heavy atom. The Morgan fingerprint density at radius 1 is 1.08 bits per heavy atom. The van der Waals surface area contributed by atoms with Gasteiger partial charge in [0.05, 0.1) is 16.9 Å². The van der Waals surface area contributed by atoms with E-state index in [0.29, 0.717) is 10.8 Å². The molecule has 0 saturated carbocycles. The zero-order chi connectivity index (χ0) is 18.3. The van der Waals surface area contributed by atoms with Crippen LogP contribution in [0.2, 0.25) is 0 Å². The average molecular weight is 378 g/mol. The van der Waals surface area contributed by atoms with E-state index in [1.165, 1.54) is 30.3 Å². The number of piperidine rings is 1. The van der Waals surface area contributed by atoms with Gasteiger partial charge < -0.3 is 9.80 Å². The fourth-order valence-electron chi connectivity index (χ4n) is 3.89. The van der Waals surface area contributed by atoms with E-state index in [9.17, 15) is 13.2 Å². The topological polar surface area (TPSA) is 6.48 Å². The third-order valence-electron chi connectivity index (χ3n) is 5.12. The minimum absolute atomic E-state index is 0.514. The molecule has 0 amide bonds. The summed E-state index contributed by atoms with van der Waals surface area (Å²) in [6, 6.07) is 12.1. The van der Waals surface area contributed by atoms with Gasteiger partial charge in [0.15, 0.2) is 0 Å². The van der Waals surface area contributed by atoms with Crippen molar-refractivity contribution in [3.63, 3.8) is 0 Å². The Kier molecular flexibility index (Phi) is 4.65. The fourth-order valence-corrected chi connectivity index (χ4v) is 5.02. The number of fused-ring (bicyclic) bond motifs is 2. The molecule has 0 radical (unpaired) electrons. The van der Waals surface area contributed by atoms with Crippen LogP contribution in [0.1, 0.15) is 18.4 Å². The number of halogens is 3. The molecule has 0 N–H and O–H groups in total. The Bertz CT molecular complexity index is 806. The second kappa shape index (κ2) is 6.82.